The van der Waals surface area contributed by atoms with Crippen molar-refractivity contribution in [1.82, 2.24) is 5.32 Å². The van der Waals surface area contributed by atoms with Crippen LogP contribution >= 0.6 is 0 Å². The number of amides is 1. The number of hydrogen-bond donors (Lipinski definition) is 3. The van der Waals surface area contributed by atoms with Gasteiger partial charge in [-0.15, -0.1) is 0 Å². The molecular weight excluding hydrogens is 432 g/mol. The van der Waals surface area contributed by atoms with Gasteiger partial charge in [0.2, 0.25) is 0 Å². The normalized spacial score (nSPS) is 24.1. The zero-order valence-electron chi connectivity index (χ0n) is 19.8. The summed E-state index contributed by atoms with van der Waals surface area (Å²) in [6, 6.07) is 4.63. The number of carbonyl (C=O) groups excluding carboxylic acids is 1. The van der Waals surface area contributed by atoms with Crippen molar-refractivity contribution < 1.29 is 24.2 Å². The molecule has 3 aliphatic rings. The van der Waals surface area contributed by atoms with E-state index in [1.54, 1.807) is 30.5 Å². The van der Waals surface area contributed by atoms with Crippen molar-refractivity contribution in [3.63, 3.8) is 0 Å². The highest BCUT2D eigenvalue weighted by molar-refractivity contribution is 6.10. The van der Waals surface area contributed by atoms with Crippen molar-refractivity contribution in [3.05, 3.63) is 59.3 Å². The molecule has 1 heterocycles. The lowest BCUT2D eigenvalue weighted by Gasteiger charge is -2.26. The molecule has 34 heavy (non-hydrogen) atoms. The van der Waals surface area contributed by atoms with Crippen molar-refractivity contribution in [2.24, 2.45) is 22.7 Å². The maximum absolute atomic E-state index is 12.9. The van der Waals surface area contributed by atoms with Gasteiger partial charge in [0, 0.05) is 30.1 Å². The number of nitrogens with zero attached hydrogens (tertiary/aromatic N) is 2. The van der Waals surface area contributed by atoms with Gasteiger partial charge in [0.15, 0.2) is 0 Å². The van der Waals surface area contributed by atoms with E-state index in [4.69, 9.17) is 14.9 Å². The molecule has 3 aliphatic carbocycles. The van der Waals surface area contributed by atoms with Crippen LogP contribution in [0.4, 0.5) is 0 Å². The van der Waals surface area contributed by atoms with Crippen molar-refractivity contribution in [1.29, 1.82) is 5.41 Å². The molecule has 0 unspecified atom stereocenters. The third-order valence-corrected chi connectivity index (χ3v) is 6.69. The van der Waals surface area contributed by atoms with Crippen LogP contribution in [0.15, 0.2) is 58.6 Å². The third kappa shape index (κ3) is 5.55. The maximum Gasteiger partial charge on any atom is 0.417 e. The molecule has 1 aromatic rings. The van der Waals surface area contributed by atoms with E-state index in [1.165, 1.54) is 51.7 Å². The zero-order valence-corrected chi connectivity index (χ0v) is 19.8. The highest BCUT2D eigenvalue weighted by Gasteiger charge is 2.33. The third-order valence-electron chi connectivity index (χ3n) is 6.69. The van der Waals surface area contributed by atoms with Crippen molar-refractivity contribution in [2.75, 3.05) is 13.7 Å². The molecule has 1 aromatic heterocycles. The first-order chi connectivity index (χ1) is 16.5. The molecule has 0 spiro atoms. The second kappa shape index (κ2) is 10.7. The maximum atomic E-state index is 12.9. The van der Waals surface area contributed by atoms with E-state index in [0.29, 0.717) is 34.3 Å². The molecule has 0 atom stereocenters. The van der Waals surface area contributed by atoms with E-state index in [-0.39, 0.29) is 17.3 Å². The van der Waals surface area contributed by atoms with Crippen LogP contribution in [-0.2, 0) is 4.74 Å². The summed E-state index contributed by atoms with van der Waals surface area (Å²) in [6.45, 7) is 2.22. The zero-order chi connectivity index (χ0) is 24.1. The molecule has 3 N–H and O–H groups in total. The van der Waals surface area contributed by atoms with Crippen molar-refractivity contribution in [2.45, 2.75) is 45.4 Å². The Morgan fingerprint density at radius 3 is 2.56 bits per heavy atom. The lowest BCUT2D eigenvalue weighted by molar-refractivity contribution is -0.907. The van der Waals surface area contributed by atoms with Gasteiger partial charge >= 0.3 is 17.5 Å². The first kappa shape index (κ1) is 23.7. The van der Waals surface area contributed by atoms with Crippen LogP contribution in [0.2, 0.25) is 0 Å². The van der Waals surface area contributed by atoms with Crippen LogP contribution in [0.1, 0.15) is 55.9 Å². The minimum Gasteiger partial charge on any atom is -0.492 e. The van der Waals surface area contributed by atoms with Crippen molar-refractivity contribution >= 4 is 17.8 Å². The Morgan fingerprint density at radius 2 is 1.91 bits per heavy atom. The topological polar surface area (TPSA) is 108 Å². The van der Waals surface area contributed by atoms with Gasteiger partial charge in [0.25, 0.3) is 0 Å². The van der Waals surface area contributed by atoms with Crippen LogP contribution in [0.25, 0.3) is 0 Å². The molecule has 0 bridgehead atoms. The molecule has 0 saturated heterocycles. The van der Waals surface area contributed by atoms with Gasteiger partial charge in [0.05, 0.1) is 35.9 Å². The number of rotatable bonds is 8. The number of nitrogens with one attached hydrogen (secondary N) is 2. The summed E-state index contributed by atoms with van der Waals surface area (Å²) in [4.78, 5) is 17.4. The summed E-state index contributed by atoms with van der Waals surface area (Å²) in [7, 11) is 1.41. The molecular formula is C26H33N4O4+. The number of hydrogen-bond acceptors (Lipinski definition) is 6. The predicted octanol–water partition coefficient (Wildman–Crippen LogP) is 3.96. The van der Waals surface area contributed by atoms with Gasteiger partial charge < -0.3 is 20.2 Å². The van der Waals surface area contributed by atoms with E-state index in [1.807, 2.05) is 13.1 Å². The van der Waals surface area contributed by atoms with E-state index in [0.717, 1.165) is 11.8 Å². The number of methoxy groups -OCH3 is 1. The van der Waals surface area contributed by atoms with Crippen LogP contribution in [0.3, 0.4) is 0 Å². The minimum absolute atomic E-state index is 0.00194. The molecule has 0 aliphatic heterocycles. The highest BCUT2D eigenvalue weighted by Crippen LogP contribution is 2.44. The van der Waals surface area contributed by atoms with Crippen molar-refractivity contribution in [3.8, 4) is 5.88 Å². The molecule has 180 valence electrons. The second-order valence-electron chi connectivity index (χ2n) is 9.03. The van der Waals surface area contributed by atoms with Gasteiger partial charge in [-0.1, -0.05) is 0 Å². The van der Waals surface area contributed by atoms with E-state index in [9.17, 15) is 10.0 Å². The summed E-state index contributed by atoms with van der Waals surface area (Å²) in [5.41, 5.74) is 1.23. The van der Waals surface area contributed by atoms with Crippen LogP contribution in [0.5, 0.6) is 5.88 Å². The largest absolute Gasteiger partial charge is 0.492 e. The van der Waals surface area contributed by atoms with E-state index < -0.39 is 5.91 Å². The lowest BCUT2D eigenvalue weighted by atomic mass is 9.80. The Hall–Kier alpha value is -3.42. The first-order valence-electron chi connectivity index (χ1n) is 12.0. The SMILES string of the molecule is CCOC1=CC(=N)/C(=C\N=C\C2CCC(C3CC3)CC2)C=C1NC(=O)c1cccc(OC)[n+]1O. The Kier molecular flexibility index (Phi) is 7.45. The van der Waals surface area contributed by atoms with Crippen LogP contribution in [-0.4, -0.2) is 36.8 Å². The highest BCUT2D eigenvalue weighted by atomic mass is 16.5. The Morgan fingerprint density at radius 1 is 1.21 bits per heavy atom. The summed E-state index contributed by atoms with van der Waals surface area (Å²) < 4.78 is 11.4. The summed E-state index contributed by atoms with van der Waals surface area (Å²) in [6.07, 6.45) is 14.7. The molecule has 0 radical (unpaired) electrons. The fraction of sp³-hybridized carbons (Fsp3) is 0.462. The molecule has 8 nitrogen and oxygen atoms in total. The molecule has 1 amide bonds. The number of allylic oxidation sites excluding steroid dienone is 3. The molecule has 4 rings (SSSR count). The second-order valence-corrected chi connectivity index (χ2v) is 9.03. The minimum atomic E-state index is -0.540. The number of aliphatic imine (C=N–C) groups is 1. The van der Waals surface area contributed by atoms with E-state index in [2.05, 4.69) is 10.3 Å². The quantitative estimate of drug-likeness (QED) is 0.307. The van der Waals surface area contributed by atoms with Crippen LogP contribution < -0.4 is 14.8 Å². The number of pyridine rings is 1. The average Bonchev–Trinajstić information content (AvgIpc) is 3.68. The Labute approximate surface area is 200 Å². The predicted molar refractivity (Wildman–Crippen MR) is 128 cm³/mol. The standard InChI is InChI=1S/C26H32N4O4/c1-3-34-24-14-21(27)20(16-28-15-17-7-9-18(10-8-17)19-11-12-19)13-22(24)29-26(31)23-5-4-6-25(33-2)30(23)32/h4-6,13-19,27H,3,7-12H2,1-2H3,(H-,29,31,32)/p+1. The fourth-order valence-corrected chi connectivity index (χ4v) is 4.65. The summed E-state index contributed by atoms with van der Waals surface area (Å²) >= 11 is 0. The Bertz CT molecular complexity index is 1060. The number of ether oxygens (including phenoxy) is 2. The summed E-state index contributed by atoms with van der Waals surface area (Å²) in [5.74, 6) is 2.34. The van der Waals surface area contributed by atoms with Gasteiger partial charge in [0.1, 0.15) is 5.76 Å². The molecule has 8 heteroatoms. The van der Waals surface area contributed by atoms with Gasteiger partial charge in [-0.25, -0.2) is 0 Å². The van der Waals surface area contributed by atoms with Gasteiger partial charge in [-0.2, -0.15) is 0 Å². The smallest absolute Gasteiger partial charge is 0.417 e. The number of aromatic nitrogens is 1. The monoisotopic (exact) mass is 465 g/mol. The molecule has 0 aromatic carbocycles. The molecule has 2 saturated carbocycles. The van der Waals surface area contributed by atoms with Crippen LogP contribution in [0, 0.1) is 23.2 Å². The lowest BCUT2D eigenvalue weighted by Crippen LogP contribution is -2.43. The van der Waals surface area contributed by atoms with E-state index >= 15 is 0 Å². The average molecular weight is 466 g/mol. The Balaban J connectivity index is 1.47. The molecule has 2 fully saturated rings. The number of carbonyl (C=O) groups is 1. The summed E-state index contributed by atoms with van der Waals surface area (Å²) in [5, 5.41) is 21.4. The fourth-order valence-electron chi connectivity index (χ4n) is 4.65. The van der Waals surface area contributed by atoms with Gasteiger partial charge in [-0.3, -0.25) is 15.0 Å². The first-order valence-corrected chi connectivity index (χ1v) is 12.0. The van der Waals surface area contributed by atoms with Gasteiger partial charge in [-0.05, 0) is 75.3 Å².